The molecule has 1 amide bonds. The highest BCUT2D eigenvalue weighted by Crippen LogP contribution is 2.45. The van der Waals surface area contributed by atoms with Gasteiger partial charge in [0.15, 0.2) is 6.61 Å². The van der Waals surface area contributed by atoms with E-state index < -0.39 is 5.97 Å². The minimum Gasteiger partial charge on any atom is -0.494 e. The lowest BCUT2D eigenvalue weighted by atomic mass is 10.1. The van der Waals surface area contributed by atoms with Crippen molar-refractivity contribution in [3.05, 3.63) is 65.2 Å². The number of thioether (sulfide) groups is 2. The zero-order valence-corrected chi connectivity index (χ0v) is 18.3. The van der Waals surface area contributed by atoms with Crippen molar-refractivity contribution in [2.45, 2.75) is 18.1 Å². The largest absolute Gasteiger partial charge is 0.494 e. The summed E-state index contributed by atoms with van der Waals surface area (Å²) in [7, 11) is 1.69. The third-order valence-corrected chi connectivity index (χ3v) is 7.55. The van der Waals surface area contributed by atoms with Crippen molar-refractivity contribution >= 4 is 35.4 Å². The Morgan fingerprint density at radius 3 is 2.31 bits per heavy atom. The SMILES string of the molecule is CCOc1ccc(CN(C)C(=O)COC(=O)c2ccc(C3SCCS3)cc2)cc1. The topological polar surface area (TPSA) is 55.8 Å². The second-order valence-electron chi connectivity index (χ2n) is 6.60. The van der Waals surface area contributed by atoms with Gasteiger partial charge >= 0.3 is 5.97 Å². The van der Waals surface area contributed by atoms with Gasteiger partial charge in [0, 0.05) is 25.1 Å². The summed E-state index contributed by atoms with van der Waals surface area (Å²) in [5.41, 5.74) is 2.65. The second kappa shape index (κ2) is 10.6. The first kappa shape index (κ1) is 21.6. The number of hydrogen-bond acceptors (Lipinski definition) is 6. The number of hydrogen-bond donors (Lipinski definition) is 0. The van der Waals surface area contributed by atoms with Crippen LogP contribution in [-0.2, 0) is 16.1 Å². The summed E-state index contributed by atoms with van der Waals surface area (Å²) in [5, 5.41) is 0. The van der Waals surface area contributed by atoms with Crippen LogP contribution in [0.4, 0.5) is 0 Å². The van der Waals surface area contributed by atoms with Gasteiger partial charge in [-0.2, -0.15) is 0 Å². The fraction of sp³-hybridized carbons (Fsp3) is 0.364. The molecule has 3 rings (SSSR count). The molecule has 2 aromatic rings. The molecule has 0 aliphatic carbocycles. The highest BCUT2D eigenvalue weighted by atomic mass is 32.2. The molecule has 154 valence electrons. The number of ether oxygens (including phenoxy) is 2. The van der Waals surface area contributed by atoms with Crippen molar-refractivity contribution in [1.29, 1.82) is 0 Å². The minimum atomic E-state index is -0.480. The van der Waals surface area contributed by atoms with Crippen LogP contribution < -0.4 is 4.74 Å². The maximum absolute atomic E-state index is 12.3. The summed E-state index contributed by atoms with van der Waals surface area (Å²) in [6.45, 7) is 2.71. The molecule has 0 bridgehead atoms. The molecule has 1 saturated heterocycles. The summed E-state index contributed by atoms with van der Waals surface area (Å²) in [6, 6.07) is 15.1. The van der Waals surface area contributed by atoms with E-state index in [1.165, 1.54) is 5.56 Å². The zero-order chi connectivity index (χ0) is 20.6. The van der Waals surface area contributed by atoms with Crippen LogP contribution in [0.3, 0.4) is 0 Å². The van der Waals surface area contributed by atoms with E-state index in [-0.39, 0.29) is 12.5 Å². The Bertz CT molecular complexity index is 818. The molecule has 2 aromatic carbocycles. The van der Waals surface area contributed by atoms with Gasteiger partial charge in [-0.3, -0.25) is 4.79 Å². The third-order valence-electron chi connectivity index (χ3n) is 4.45. The quantitative estimate of drug-likeness (QED) is 0.578. The van der Waals surface area contributed by atoms with Gasteiger partial charge in [0.05, 0.1) is 16.8 Å². The van der Waals surface area contributed by atoms with E-state index >= 15 is 0 Å². The molecule has 1 fully saturated rings. The second-order valence-corrected chi connectivity index (χ2v) is 9.32. The highest BCUT2D eigenvalue weighted by Gasteiger charge is 2.19. The van der Waals surface area contributed by atoms with Gasteiger partial charge in [0.25, 0.3) is 5.91 Å². The molecule has 0 atom stereocenters. The number of carbonyl (C=O) groups excluding carboxylic acids is 2. The number of benzene rings is 2. The Kier molecular flexibility index (Phi) is 7.89. The molecule has 1 aliphatic heterocycles. The van der Waals surface area contributed by atoms with Crippen molar-refractivity contribution in [3.63, 3.8) is 0 Å². The van der Waals surface area contributed by atoms with Crippen molar-refractivity contribution < 1.29 is 19.1 Å². The molecule has 0 aromatic heterocycles. The van der Waals surface area contributed by atoms with Crippen molar-refractivity contribution in [3.8, 4) is 5.75 Å². The van der Waals surface area contributed by atoms with Crippen molar-refractivity contribution in [1.82, 2.24) is 4.90 Å². The molecule has 0 unspecified atom stereocenters. The number of rotatable bonds is 8. The fourth-order valence-electron chi connectivity index (χ4n) is 2.87. The van der Waals surface area contributed by atoms with Crippen LogP contribution in [0.2, 0.25) is 0 Å². The zero-order valence-electron chi connectivity index (χ0n) is 16.6. The van der Waals surface area contributed by atoms with Gasteiger partial charge in [-0.1, -0.05) is 24.3 Å². The first-order valence-electron chi connectivity index (χ1n) is 9.53. The fourth-order valence-corrected chi connectivity index (χ4v) is 5.73. The van der Waals surface area contributed by atoms with Crippen LogP contribution in [0.5, 0.6) is 5.75 Å². The number of likely N-dealkylation sites (N-methyl/N-ethyl adjacent to an activating group) is 1. The Hall–Kier alpha value is -2.12. The lowest BCUT2D eigenvalue weighted by molar-refractivity contribution is -0.133. The number of carbonyl (C=O) groups is 2. The standard InChI is InChI=1S/C22H25NO4S2/c1-3-26-19-10-4-16(5-11-19)14-23(2)20(24)15-27-21(25)17-6-8-18(9-7-17)22-28-12-13-29-22/h4-11,22H,3,12-15H2,1-2H3. The Morgan fingerprint density at radius 2 is 1.69 bits per heavy atom. The molecule has 0 radical (unpaired) electrons. The van der Waals surface area contributed by atoms with E-state index in [1.807, 2.05) is 66.8 Å². The molecule has 0 spiro atoms. The number of nitrogens with zero attached hydrogens (tertiary/aromatic N) is 1. The molecular weight excluding hydrogens is 406 g/mol. The van der Waals surface area contributed by atoms with Gasteiger partial charge in [-0.05, 0) is 42.3 Å². The summed E-state index contributed by atoms with van der Waals surface area (Å²) >= 11 is 3.84. The van der Waals surface area contributed by atoms with E-state index in [0.717, 1.165) is 22.8 Å². The molecule has 29 heavy (non-hydrogen) atoms. The molecule has 7 heteroatoms. The highest BCUT2D eigenvalue weighted by molar-refractivity contribution is 8.19. The average Bonchev–Trinajstić information content (AvgIpc) is 3.28. The van der Waals surface area contributed by atoms with E-state index in [9.17, 15) is 9.59 Å². The number of amides is 1. The maximum atomic E-state index is 12.3. The van der Waals surface area contributed by atoms with Crippen LogP contribution in [0.15, 0.2) is 48.5 Å². The average molecular weight is 432 g/mol. The van der Waals surface area contributed by atoms with Crippen LogP contribution in [0.1, 0.15) is 33.0 Å². The van der Waals surface area contributed by atoms with Gasteiger partial charge in [0.2, 0.25) is 0 Å². The summed E-state index contributed by atoms with van der Waals surface area (Å²) < 4.78 is 11.1. The molecular formula is C22H25NO4S2. The first-order valence-corrected chi connectivity index (χ1v) is 11.6. The molecule has 1 heterocycles. The van der Waals surface area contributed by atoms with Gasteiger partial charge in [-0.25, -0.2) is 4.79 Å². The lowest BCUT2D eigenvalue weighted by Gasteiger charge is -2.17. The van der Waals surface area contributed by atoms with Crippen LogP contribution in [0, 0.1) is 0 Å². The van der Waals surface area contributed by atoms with E-state index in [0.29, 0.717) is 23.3 Å². The van der Waals surface area contributed by atoms with Crippen LogP contribution in [0.25, 0.3) is 0 Å². The monoisotopic (exact) mass is 431 g/mol. The Morgan fingerprint density at radius 1 is 1.03 bits per heavy atom. The predicted octanol–water partition coefficient (Wildman–Crippen LogP) is 4.38. The maximum Gasteiger partial charge on any atom is 0.338 e. The first-order chi connectivity index (χ1) is 14.1. The van der Waals surface area contributed by atoms with Crippen molar-refractivity contribution in [2.24, 2.45) is 0 Å². The van der Waals surface area contributed by atoms with Gasteiger partial charge in [-0.15, -0.1) is 23.5 Å². The molecule has 1 aliphatic rings. The summed E-state index contributed by atoms with van der Waals surface area (Å²) in [4.78, 5) is 26.1. The summed E-state index contributed by atoms with van der Waals surface area (Å²) in [5.74, 6) is 2.39. The van der Waals surface area contributed by atoms with Crippen LogP contribution in [-0.4, -0.2) is 48.5 Å². The van der Waals surface area contributed by atoms with Crippen LogP contribution >= 0.6 is 23.5 Å². The van der Waals surface area contributed by atoms with Gasteiger partial charge < -0.3 is 14.4 Å². The van der Waals surface area contributed by atoms with Crippen molar-refractivity contribution in [2.75, 3.05) is 31.8 Å². The Labute approximate surface area is 180 Å². The number of esters is 1. The summed E-state index contributed by atoms with van der Waals surface area (Å²) in [6.07, 6.45) is 0. The van der Waals surface area contributed by atoms with Gasteiger partial charge in [0.1, 0.15) is 5.75 Å². The smallest absolute Gasteiger partial charge is 0.338 e. The third kappa shape index (κ3) is 6.18. The van der Waals surface area contributed by atoms with E-state index in [4.69, 9.17) is 9.47 Å². The molecule has 5 nitrogen and oxygen atoms in total. The Balaban J connectivity index is 1.46. The molecule has 0 N–H and O–H groups in total. The minimum absolute atomic E-state index is 0.248. The van der Waals surface area contributed by atoms with E-state index in [2.05, 4.69) is 0 Å². The normalized spacial score (nSPS) is 13.9. The van der Waals surface area contributed by atoms with E-state index in [1.54, 1.807) is 24.1 Å². The lowest BCUT2D eigenvalue weighted by Crippen LogP contribution is -2.30. The predicted molar refractivity (Wildman–Crippen MR) is 118 cm³/mol. The molecule has 0 saturated carbocycles.